The maximum absolute atomic E-state index is 5.54. The predicted octanol–water partition coefficient (Wildman–Crippen LogP) is 3.26. The van der Waals surface area contributed by atoms with E-state index in [0.717, 1.165) is 26.4 Å². The summed E-state index contributed by atoms with van der Waals surface area (Å²) in [5.41, 5.74) is 1.08. The molecule has 0 aliphatic carbocycles. The van der Waals surface area contributed by atoms with E-state index in [9.17, 15) is 0 Å². The molecule has 0 atom stereocenters. The Morgan fingerprint density at radius 2 is 0.552 bits per heavy atom. The fraction of sp³-hybridized carbons (Fsp3) is 1.00. The van der Waals surface area contributed by atoms with Crippen LogP contribution in [0.1, 0.15) is 83.1 Å². The van der Waals surface area contributed by atoms with Gasteiger partial charge in [-0.05, 0) is 0 Å². The van der Waals surface area contributed by atoms with Crippen LogP contribution in [-0.4, -0.2) is 105 Å². The van der Waals surface area contributed by atoms with Crippen molar-refractivity contribution in [2.45, 2.75) is 83.1 Å². The second-order valence-corrected chi connectivity index (χ2v) is 15.8. The summed E-state index contributed by atoms with van der Waals surface area (Å²) in [6.07, 6.45) is 0. The molecule has 0 aliphatic rings. The monoisotopic (exact) mass is 744 g/mol. The van der Waals surface area contributed by atoms with E-state index in [-0.39, 0.29) is 56.5 Å². The molecule has 29 heavy (non-hydrogen) atoms. The zero-order valence-corrected chi connectivity index (χ0v) is 29.5. The molecular formula is C20H48O6Sn3. The quantitative estimate of drug-likeness (QED) is 0.282. The largest absolute Gasteiger partial charge is 0.412 e. The van der Waals surface area contributed by atoms with Crippen molar-refractivity contribution < 1.29 is 23.2 Å². The van der Waals surface area contributed by atoms with Crippen LogP contribution in [0.5, 0.6) is 0 Å². The molecule has 4 N–H and O–H groups in total. The third-order valence-corrected chi connectivity index (χ3v) is 5.25. The molecule has 0 spiro atoms. The first-order chi connectivity index (χ1) is 11.4. The van der Waals surface area contributed by atoms with Crippen LogP contribution in [0.2, 0.25) is 0 Å². The van der Waals surface area contributed by atoms with Crippen LogP contribution in [-0.2, 0) is 12.3 Å². The Morgan fingerprint density at radius 3 is 0.655 bits per heavy atom. The molecule has 0 aromatic rings. The van der Waals surface area contributed by atoms with Crippen LogP contribution in [0.4, 0.5) is 0 Å². The van der Waals surface area contributed by atoms with Crippen LogP contribution < -0.4 is 0 Å². The van der Waals surface area contributed by atoms with Gasteiger partial charge in [-0.1, -0.05) is 0 Å². The molecule has 0 saturated carbocycles. The first-order valence-corrected chi connectivity index (χ1v) is 14.0. The van der Waals surface area contributed by atoms with Crippen LogP contribution in [0.3, 0.4) is 0 Å². The average Bonchev–Trinajstić information content (AvgIpc) is 2.33. The second kappa shape index (κ2) is 19.6. The van der Waals surface area contributed by atoms with Gasteiger partial charge in [-0.3, -0.25) is 0 Å². The van der Waals surface area contributed by atoms with Gasteiger partial charge in [-0.2, -0.15) is 0 Å². The molecule has 0 fully saturated rings. The Bertz CT molecular complexity index is 276. The first kappa shape index (κ1) is 41.4. The summed E-state index contributed by atoms with van der Waals surface area (Å²) in [7, 11) is 0. The van der Waals surface area contributed by atoms with E-state index in [2.05, 4.69) is 83.1 Å². The maximum atomic E-state index is 5.54. The van der Waals surface area contributed by atoms with E-state index in [4.69, 9.17) is 12.3 Å². The standard InChI is InChI=1S/4C5H11O.2H2O.3Sn/c4*1-5(2,3)4-6;;;;;/h4*4H2,1-3H3;2*1H2;;;/q4*-1;;;;2*+2. The van der Waals surface area contributed by atoms with Gasteiger partial charge in [0.05, 0.1) is 0 Å². The van der Waals surface area contributed by atoms with E-state index in [1.165, 1.54) is 0 Å². The third kappa shape index (κ3) is 48.7. The van der Waals surface area contributed by atoms with Crippen molar-refractivity contribution in [3.8, 4) is 0 Å². The van der Waals surface area contributed by atoms with Crippen molar-refractivity contribution in [3.63, 3.8) is 0 Å². The van der Waals surface area contributed by atoms with Crippen molar-refractivity contribution in [2.75, 3.05) is 26.4 Å². The van der Waals surface area contributed by atoms with Gasteiger partial charge in [0.1, 0.15) is 0 Å². The molecule has 6 nitrogen and oxygen atoms in total. The average molecular weight is 741 g/mol. The van der Waals surface area contributed by atoms with Crippen molar-refractivity contribution >= 4 is 67.8 Å². The zero-order chi connectivity index (χ0) is 21.1. The Balaban J connectivity index is -0.000000120. The van der Waals surface area contributed by atoms with Crippen LogP contribution in [0, 0.1) is 21.7 Å². The summed E-state index contributed by atoms with van der Waals surface area (Å²) >= 11 is -2.02. The summed E-state index contributed by atoms with van der Waals surface area (Å²) in [6, 6.07) is 0. The normalized spacial score (nSPS) is 12.0. The SMILES string of the molecule is CC(C)(C)C[O][Sn][O]CC(C)(C)C.CC(C)(C)C[O][Sn][O]CC(C)(C)C.O.O.[Sn]. The molecule has 8 radical (unpaired) electrons. The molecule has 0 heterocycles. The topological polar surface area (TPSA) is 99.9 Å². The van der Waals surface area contributed by atoms with E-state index >= 15 is 0 Å². The van der Waals surface area contributed by atoms with Crippen LogP contribution >= 0.6 is 0 Å². The van der Waals surface area contributed by atoms with Gasteiger partial charge in [0, 0.05) is 23.9 Å². The Labute approximate surface area is 220 Å². The summed E-state index contributed by atoms with van der Waals surface area (Å²) < 4.78 is 22.2. The van der Waals surface area contributed by atoms with Gasteiger partial charge in [0.15, 0.2) is 0 Å². The molecule has 0 aliphatic heterocycles. The van der Waals surface area contributed by atoms with Gasteiger partial charge in [-0.25, -0.2) is 0 Å². The molecule has 9 heteroatoms. The van der Waals surface area contributed by atoms with Gasteiger partial charge in [0.2, 0.25) is 0 Å². The maximum Gasteiger partial charge on any atom is 0 e. The van der Waals surface area contributed by atoms with E-state index in [1.807, 2.05) is 0 Å². The summed E-state index contributed by atoms with van der Waals surface area (Å²) in [5.74, 6) is 0. The fourth-order valence-corrected chi connectivity index (χ4v) is 7.16. The Hall–Kier alpha value is 2.16. The Kier molecular flexibility index (Phi) is 28.0. The smallest absolute Gasteiger partial charge is 0 e. The van der Waals surface area contributed by atoms with Crippen LogP contribution in [0.25, 0.3) is 0 Å². The minimum atomic E-state index is -1.01. The molecule has 0 aromatic carbocycles. The molecule has 0 saturated heterocycles. The Morgan fingerprint density at radius 1 is 0.414 bits per heavy atom. The van der Waals surface area contributed by atoms with Crippen molar-refractivity contribution in [3.05, 3.63) is 0 Å². The molecule has 0 amide bonds. The molecule has 0 bridgehead atoms. The second-order valence-electron chi connectivity index (χ2n) is 11.6. The van der Waals surface area contributed by atoms with Gasteiger partial charge in [-0.15, -0.1) is 0 Å². The van der Waals surface area contributed by atoms with Crippen molar-refractivity contribution in [1.82, 2.24) is 0 Å². The summed E-state index contributed by atoms with van der Waals surface area (Å²) in [4.78, 5) is 0. The minimum Gasteiger partial charge on any atom is -0.412 e. The minimum absolute atomic E-state index is 0. The van der Waals surface area contributed by atoms with E-state index in [0.29, 0.717) is 0 Å². The summed E-state index contributed by atoms with van der Waals surface area (Å²) in [6.45, 7) is 29.4. The first-order valence-electron chi connectivity index (χ1n) is 9.39. The van der Waals surface area contributed by atoms with Gasteiger partial charge in [0.25, 0.3) is 0 Å². The zero-order valence-electron chi connectivity index (χ0n) is 21.0. The van der Waals surface area contributed by atoms with Gasteiger partial charge < -0.3 is 11.0 Å². The molecular weight excluding hydrogens is 692 g/mol. The predicted molar refractivity (Wildman–Crippen MR) is 126 cm³/mol. The summed E-state index contributed by atoms with van der Waals surface area (Å²) in [5, 5.41) is 0. The molecule has 0 rings (SSSR count). The molecule has 0 aromatic heterocycles. The van der Waals surface area contributed by atoms with Crippen molar-refractivity contribution in [1.29, 1.82) is 0 Å². The van der Waals surface area contributed by atoms with Crippen LogP contribution in [0.15, 0.2) is 0 Å². The number of hydrogen-bond acceptors (Lipinski definition) is 4. The number of hydrogen-bond donors (Lipinski definition) is 0. The van der Waals surface area contributed by atoms with Gasteiger partial charge >= 0.3 is 187 Å². The van der Waals surface area contributed by atoms with E-state index in [1.54, 1.807) is 0 Å². The number of rotatable bonds is 8. The fourth-order valence-electron chi connectivity index (χ4n) is 1.07. The molecule has 0 unspecified atom stereocenters. The molecule has 176 valence electrons. The van der Waals surface area contributed by atoms with Crippen molar-refractivity contribution in [2.24, 2.45) is 21.7 Å². The third-order valence-electron chi connectivity index (χ3n) is 2.26. The van der Waals surface area contributed by atoms with E-state index < -0.39 is 43.9 Å².